The number of nitrogen functional groups attached to an aromatic ring is 1. The van der Waals surface area contributed by atoms with E-state index in [0.717, 1.165) is 11.3 Å². The lowest BCUT2D eigenvalue weighted by atomic mass is 10.1. The van der Waals surface area contributed by atoms with Gasteiger partial charge in [-0.1, -0.05) is 17.7 Å². The second-order valence-electron chi connectivity index (χ2n) is 4.81. The first-order valence-corrected chi connectivity index (χ1v) is 6.56. The number of fused-ring (bicyclic) bond motifs is 1. The molecule has 102 valence electrons. The zero-order chi connectivity index (χ0) is 14.4. The van der Waals surface area contributed by atoms with Crippen molar-refractivity contribution in [3.05, 3.63) is 52.4 Å². The predicted octanol–water partition coefficient (Wildman–Crippen LogP) is 3.99. The van der Waals surface area contributed by atoms with Gasteiger partial charge in [-0.15, -0.1) is 0 Å². The van der Waals surface area contributed by atoms with Gasteiger partial charge >= 0.3 is 0 Å². The van der Waals surface area contributed by atoms with Crippen LogP contribution >= 0.6 is 11.6 Å². The van der Waals surface area contributed by atoms with Gasteiger partial charge in [-0.25, -0.2) is 9.37 Å². The molecule has 2 aromatic heterocycles. The fourth-order valence-electron chi connectivity index (χ4n) is 2.44. The highest BCUT2D eigenvalue weighted by Gasteiger charge is 2.17. The Balaban J connectivity index is 2.35. The van der Waals surface area contributed by atoms with Gasteiger partial charge in [0.2, 0.25) is 0 Å². The van der Waals surface area contributed by atoms with E-state index in [9.17, 15) is 4.39 Å². The number of nitrogens with zero attached hydrogens (tertiary/aromatic N) is 2. The highest BCUT2D eigenvalue weighted by molar-refractivity contribution is 6.31. The van der Waals surface area contributed by atoms with Crippen LogP contribution in [0.15, 0.2) is 30.3 Å². The van der Waals surface area contributed by atoms with E-state index in [1.165, 1.54) is 6.07 Å². The van der Waals surface area contributed by atoms with Crippen molar-refractivity contribution in [2.24, 2.45) is 0 Å². The average molecular weight is 290 g/mol. The van der Waals surface area contributed by atoms with E-state index >= 15 is 0 Å². The van der Waals surface area contributed by atoms with Crippen LogP contribution in [0, 0.1) is 19.7 Å². The number of aromatic nitrogens is 2. The van der Waals surface area contributed by atoms with E-state index in [1.54, 1.807) is 12.1 Å². The molecule has 0 fully saturated rings. The largest absolute Gasteiger partial charge is 0.383 e. The van der Waals surface area contributed by atoms with E-state index in [-0.39, 0.29) is 5.02 Å². The van der Waals surface area contributed by atoms with Crippen LogP contribution in [0.25, 0.3) is 16.9 Å². The minimum Gasteiger partial charge on any atom is -0.383 e. The van der Waals surface area contributed by atoms with Crippen LogP contribution in [0.2, 0.25) is 5.02 Å². The lowest BCUT2D eigenvalue weighted by Gasteiger charge is -2.04. The molecule has 3 aromatic rings. The maximum Gasteiger partial charge on any atom is 0.151 e. The molecule has 0 aliphatic rings. The normalized spacial score (nSPS) is 11.2. The monoisotopic (exact) mass is 289 g/mol. The van der Waals surface area contributed by atoms with Crippen molar-refractivity contribution in [3.8, 4) is 11.3 Å². The molecule has 2 heterocycles. The summed E-state index contributed by atoms with van der Waals surface area (Å²) in [6.45, 7) is 3.92. The minimum absolute atomic E-state index is 0.0619. The van der Waals surface area contributed by atoms with Gasteiger partial charge in [0, 0.05) is 11.3 Å². The van der Waals surface area contributed by atoms with Crippen LogP contribution in [0.5, 0.6) is 0 Å². The van der Waals surface area contributed by atoms with Crippen LogP contribution in [0.3, 0.4) is 0 Å². The first kappa shape index (κ1) is 12.9. The summed E-state index contributed by atoms with van der Waals surface area (Å²) in [5.41, 5.74) is 9.60. The third-order valence-corrected chi connectivity index (χ3v) is 3.58. The number of halogens is 2. The van der Waals surface area contributed by atoms with Crippen molar-refractivity contribution >= 4 is 23.1 Å². The van der Waals surface area contributed by atoms with Gasteiger partial charge in [0.05, 0.1) is 5.02 Å². The number of nitrogens with two attached hydrogens (primary N) is 1. The SMILES string of the molecule is Cc1cc(C)n2c(N)c(-c3cccc(Cl)c3F)nc2c1. The first-order chi connectivity index (χ1) is 9.49. The molecule has 1 aromatic carbocycles. The predicted molar refractivity (Wildman–Crippen MR) is 79.5 cm³/mol. The van der Waals surface area contributed by atoms with Crippen molar-refractivity contribution in [2.75, 3.05) is 5.73 Å². The second-order valence-corrected chi connectivity index (χ2v) is 5.22. The lowest BCUT2D eigenvalue weighted by molar-refractivity contribution is 0.631. The van der Waals surface area contributed by atoms with Crippen LogP contribution in [0.1, 0.15) is 11.3 Å². The van der Waals surface area contributed by atoms with Crippen molar-refractivity contribution < 1.29 is 4.39 Å². The van der Waals surface area contributed by atoms with Gasteiger partial charge in [0.1, 0.15) is 17.2 Å². The Morgan fingerprint density at radius 3 is 2.75 bits per heavy atom. The number of anilines is 1. The first-order valence-electron chi connectivity index (χ1n) is 6.18. The molecule has 20 heavy (non-hydrogen) atoms. The fraction of sp³-hybridized carbons (Fsp3) is 0.133. The van der Waals surface area contributed by atoms with Crippen LogP contribution < -0.4 is 5.73 Å². The Morgan fingerprint density at radius 1 is 1.25 bits per heavy atom. The molecule has 0 radical (unpaired) electrons. The van der Waals surface area contributed by atoms with E-state index in [0.29, 0.717) is 22.7 Å². The van der Waals surface area contributed by atoms with Crippen LogP contribution in [-0.2, 0) is 0 Å². The molecule has 3 rings (SSSR count). The van der Waals surface area contributed by atoms with E-state index in [4.69, 9.17) is 17.3 Å². The summed E-state index contributed by atoms with van der Waals surface area (Å²) in [4.78, 5) is 4.45. The molecule has 0 saturated carbocycles. The molecular formula is C15H13ClFN3. The van der Waals surface area contributed by atoms with Crippen molar-refractivity contribution in [1.29, 1.82) is 0 Å². The Kier molecular flexibility index (Phi) is 2.91. The molecule has 0 unspecified atom stereocenters. The molecular weight excluding hydrogens is 277 g/mol. The second kappa shape index (κ2) is 4.49. The third kappa shape index (κ3) is 1.84. The summed E-state index contributed by atoms with van der Waals surface area (Å²) >= 11 is 5.82. The third-order valence-electron chi connectivity index (χ3n) is 3.29. The molecule has 0 atom stereocenters. The van der Waals surface area contributed by atoms with Gasteiger partial charge in [-0.3, -0.25) is 4.40 Å². The topological polar surface area (TPSA) is 43.3 Å². The van der Waals surface area contributed by atoms with Crippen LogP contribution in [0.4, 0.5) is 10.2 Å². The Hall–Kier alpha value is -2.07. The average Bonchev–Trinajstić information content (AvgIpc) is 2.70. The van der Waals surface area contributed by atoms with Crippen molar-refractivity contribution in [1.82, 2.24) is 9.38 Å². The number of hydrogen-bond donors (Lipinski definition) is 1. The summed E-state index contributed by atoms with van der Waals surface area (Å²) in [5.74, 6) is -0.0858. The van der Waals surface area contributed by atoms with Gasteiger partial charge in [-0.05, 0) is 43.7 Å². The van der Waals surface area contributed by atoms with Crippen LogP contribution in [-0.4, -0.2) is 9.38 Å². The van der Waals surface area contributed by atoms with Gasteiger partial charge in [0.25, 0.3) is 0 Å². The molecule has 0 aliphatic carbocycles. The molecule has 0 amide bonds. The van der Waals surface area contributed by atoms with E-state index in [2.05, 4.69) is 4.98 Å². The molecule has 2 N–H and O–H groups in total. The number of benzene rings is 1. The molecule has 5 heteroatoms. The number of imidazole rings is 1. The fourth-order valence-corrected chi connectivity index (χ4v) is 2.62. The van der Waals surface area contributed by atoms with E-state index < -0.39 is 5.82 Å². The summed E-state index contributed by atoms with van der Waals surface area (Å²) < 4.78 is 15.9. The summed E-state index contributed by atoms with van der Waals surface area (Å²) in [5, 5.41) is 0.0619. The van der Waals surface area contributed by atoms with Crippen molar-refractivity contribution in [3.63, 3.8) is 0 Å². The quantitative estimate of drug-likeness (QED) is 0.736. The Labute approximate surface area is 120 Å². The standard InChI is InChI=1S/C15H13ClFN3/c1-8-6-9(2)20-12(7-8)19-14(15(20)18)10-4-3-5-11(16)13(10)17/h3-7H,18H2,1-2H3. The highest BCUT2D eigenvalue weighted by atomic mass is 35.5. The van der Waals surface area contributed by atoms with Gasteiger partial charge in [0.15, 0.2) is 5.82 Å². The smallest absolute Gasteiger partial charge is 0.151 e. The Morgan fingerprint density at radius 2 is 2.00 bits per heavy atom. The number of pyridine rings is 1. The lowest BCUT2D eigenvalue weighted by Crippen LogP contribution is -1.98. The Bertz CT molecular complexity index is 824. The molecule has 0 aliphatic heterocycles. The number of aryl methyl sites for hydroxylation is 2. The minimum atomic E-state index is -0.501. The number of rotatable bonds is 1. The molecule has 3 nitrogen and oxygen atoms in total. The molecule has 0 bridgehead atoms. The maximum atomic E-state index is 14.1. The molecule has 0 spiro atoms. The van der Waals surface area contributed by atoms with Gasteiger partial charge < -0.3 is 5.73 Å². The van der Waals surface area contributed by atoms with E-state index in [1.807, 2.05) is 30.4 Å². The van der Waals surface area contributed by atoms with Gasteiger partial charge in [-0.2, -0.15) is 0 Å². The maximum absolute atomic E-state index is 14.1. The zero-order valence-corrected chi connectivity index (χ0v) is 11.9. The summed E-state index contributed by atoms with van der Waals surface area (Å²) in [6.07, 6.45) is 0. The van der Waals surface area contributed by atoms with Crippen molar-refractivity contribution in [2.45, 2.75) is 13.8 Å². The highest BCUT2D eigenvalue weighted by Crippen LogP contribution is 2.32. The zero-order valence-electron chi connectivity index (χ0n) is 11.1. The summed E-state index contributed by atoms with van der Waals surface area (Å²) in [7, 11) is 0. The summed E-state index contributed by atoms with van der Waals surface area (Å²) in [6, 6.07) is 8.73. The molecule has 0 saturated heterocycles. The number of hydrogen-bond acceptors (Lipinski definition) is 2.